The summed E-state index contributed by atoms with van der Waals surface area (Å²) in [5.41, 5.74) is 2.42. The Bertz CT molecular complexity index is 643. The molecule has 0 bridgehead atoms. The number of aromatic nitrogens is 4. The number of hydrogen-bond acceptors (Lipinski definition) is 5. The van der Waals surface area contributed by atoms with Gasteiger partial charge in [0.2, 0.25) is 5.89 Å². The lowest BCUT2D eigenvalue weighted by molar-refractivity contribution is 0.332. The van der Waals surface area contributed by atoms with E-state index in [4.69, 9.17) is 9.51 Å². The van der Waals surface area contributed by atoms with Crippen molar-refractivity contribution in [1.82, 2.24) is 19.7 Å². The van der Waals surface area contributed by atoms with Crippen LogP contribution in [0.2, 0.25) is 0 Å². The number of imidazole rings is 1. The van der Waals surface area contributed by atoms with E-state index in [2.05, 4.69) is 35.5 Å². The standard InChI is InChI=1S/C16H24N4OS/c1-10-11(2)20(14-8-6-5-7-9-14)16(17-10)22-12(3)15-18-13(4)19-21-15/h12,14H,5-9H2,1-4H3. The second-order valence-electron chi connectivity index (χ2n) is 6.17. The van der Waals surface area contributed by atoms with Gasteiger partial charge < -0.3 is 9.09 Å². The van der Waals surface area contributed by atoms with Crippen molar-refractivity contribution in [3.63, 3.8) is 0 Å². The molecule has 1 aliphatic carbocycles. The molecule has 1 aliphatic rings. The van der Waals surface area contributed by atoms with Crippen LogP contribution in [0.25, 0.3) is 0 Å². The monoisotopic (exact) mass is 320 g/mol. The van der Waals surface area contributed by atoms with E-state index in [1.54, 1.807) is 11.8 Å². The molecule has 2 aromatic rings. The minimum Gasteiger partial charge on any atom is -0.338 e. The Labute approximate surface area is 135 Å². The van der Waals surface area contributed by atoms with Gasteiger partial charge in [-0.1, -0.05) is 36.2 Å². The first-order valence-corrected chi connectivity index (χ1v) is 8.96. The highest BCUT2D eigenvalue weighted by molar-refractivity contribution is 7.99. The summed E-state index contributed by atoms with van der Waals surface area (Å²) in [6.45, 7) is 8.23. The zero-order valence-corrected chi connectivity index (χ0v) is 14.6. The van der Waals surface area contributed by atoms with Gasteiger partial charge in [-0.2, -0.15) is 4.98 Å². The minimum absolute atomic E-state index is 0.116. The molecule has 22 heavy (non-hydrogen) atoms. The van der Waals surface area contributed by atoms with Gasteiger partial charge >= 0.3 is 0 Å². The molecule has 1 unspecified atom stereocenters. The highest BCUT2D eigenvalue weighted by atomic mass is 32.2. The fourth-order valence-corrected chi connectivity index (χ4v) is 4.24. The highest BCUT2D eigenvalue weighted by Gasteiger charge is 2.24. The first-order valence-electron chi connectivity index (χ1n) is 8.08. The Morgan fingerprint density at radius 2 is 1.86 bits per heavy atom. The Morgan fingerprint density at radius 1 is 1.14 bits per heavy atom. The molecule has 0 N–H and O–H groups in total. The molecule has 0 aliphatic heterocycles. The van der Waals surface area contributed by atoms with Gasteiger partial charge in [0.15, 0.2) is 11.0 Å². The maximum Gasteiger partial charge on any atom is 0.239 e. The molecule has 3 rings (SSSR count). The van der Waals surface area contributed by atoms with Crippen LogP contribution in [-0.4, -0.2) is 19.7 Å². The number of rotatable bonds is 4. The van der Waals surface area contributed by atoms with Gasteiger partial charge in [-0.15, -0.1) is 0 Å². The van der Waals surface area contributed by atoms with Crippen molar-refractivity contribution in [2.24, 2.45) is 0 Å². The molecule has 2 heterocycles. The van der Waals surface area contributed by atoms with Crippen LogP contribution in [0.3, 0.4) is 0 Å². The van der Waals surface area contributed by atoms with Gasteiger partial charge in [-0.25, -0.2) is 4.98 Å². The van der Waals surface area contributed by atoms with Crippen LogP contribution < -0.4 is 0 Å². The fraction of sp³-hybridized carbons (Fsp3) is 0.688. The van der Waals surface area contributed by atoms with E-state index >= 15 is 0 Å². The van der Waals surface area contributed by atoms with E-state index < -0.39 is 0 Å². The number of aryl methyl sites for hydroxylation is 2. The molecule has 1 fully saturated rings. The fourth-order valence-electron chi connectivity index (χ4n) is 3.14. The van der Waals surface area contributed by atoms with Crippen molar-refractivity contribution in [2.45, 2.75) is 76.2 Å². The molecule has 1 atom stereocenters. The molecule has 0 amide bonds. The molecular weight excluding hydrogens is 296 g/mol. The summed E-state index contributed by atoms with van der Waals surface area (Å²) >= 11 is 1.72. The topological polar surface area (TPSA) is 56.7 Å². The smallest absolute Gasteiger partial charge is 0.239 e. The summed E-state index contributed by atoms with van der Waals surface area (Å²) in [5, 5.41) is 5.09. The van der Waals surface area contributed by atoms with Crippen LogP contribution in [0.15, 0.2) is 9.68 Å². The van der Waals surface area contributed by atoms with Crippen molar-refractivity contribution in [1.29, 1.82) is 0 Å². The highest BCUT2D eigenvalue weighted by Crippen LogP contribution is 2.39. The van der Waals surface area contributed by atoms with Crippen LogP contribution in [0.1, 0.15) is 73.4 Å². The molecule has 1 saturated carbocycles. The maximum atomic E-state index is 5.30. The van der Waals surface area contributed by atoms with Crippen LogP contribution in [-0.2, 0) is 0 Å². The second kappa shape index (κ2) is 6.44. The van der Waals surface area contributed by atoms with Crippen LogP contribution in [0, 0.1) is 20.8 Å². The zero-order valence-electron chi connectivity index (χ0n) is 13.8. The van der Waals surface area contributed by atoms with Gasteiger partial charge in [0.05, 0.1) is 10.9 Å². The normalized spacial score (nSPS) is 17.8. The van der Waals surface area contributed by atoms with Gasteiger partial charge in [-0.3, -0.25) is 0 Å². The summed E-state index contributed by atoms with van der Waals surface area (Å²) in [7, 11) is 0. The first-order chi connectivity index (χ1) is 10.6. The lowest BCUT2D eigenvalue weighted by atomic mass is 9.95. The van der Waals surface area contributed by atoms with E-state index in [9.17, 15) is 0 Å². The van der Waals surface area contributed by atoms with Crippen molar-refractivity contribution in [3.8, 4) is 0 Å². The van der Waals surface area contributed by atoms with Gasteiger partial charge in [-0.05, 0) is 40.5 Å². The van der Waals surface area contributed by atoms with Gasteiger partial charge in [0, 0.05) is 11.7 Å². The summed E-state index contributed by atoms with van der Waals surface area (Å²) < 4.78 is 7.75. The third-order valence-electron chi connectivity index (χ3n) is 4.47. The molecular formula is C16H24N4OS. The summed E-state index contributed by atoms with van der Waals surface area (Å²) in [6.07, 6.45) is 6.54. The van der Waals surface area contributed by atoms with Gasteiger partial charge in [0.1, 0.15) is 0 Å². The molecule has 120 valence electrons. The van der Waals surface area contributed by atoms with Crippen LogP contribution in [0.5, 0.6) is 0 Å². The molecule has 0 saturated heterocycles. The third-order valence-corrected chi connectivity index (χ3v) is 5.52. The Hall–Kier alpha value is -1.30. The summed E-state index contributed by atoms with van der Waals surface area (Å²) in [5.74, 6) is 1.36. The van der Waals surface area contributed by atoms with E-state index in [-0.39, 0.29) is 5.25 Å². The zero-order chi connectivity index (χ0) is 15.7. The Kier molecular flexibility index (Phi) is 4.57. The average Bonchev–Trinajstić information content (AvgIpc) is 3.05. The quantitative estimate of drug-likeness (QED) is 0.773. The number of hydrogen-bond donors (Lipinski definition) is 0. The SMILES string of the molecule is Cc1noc(C(C)Sc2nc(C)c(C)n2C2CCCCC2)n1. The largest absolute Gasteiger partial charge is 0.338 e. The lowest BCUT2D eigenvalue weighted by Crippen LogP contribution is -2.15. The van der Waals surface area contributed by atoms with Gasteiger partial charge in [0.25, 0.3) is 0 Å². The predicted molar refractivity (Wildman–Crippen MR) is 87.1 cm³/mol. The molecule has 0 radical (unpaired) electrons. The summed E-state index contributed by atoms with van der Waals surface area (Å²) in [4.78, 5) is 9.14. The van der Waals surface area contributed by atoms with E-state index in [0.717, 1.165) is 10.9 Å². The number of thioether (sulfide) groups is 1. The molecule has 6 heteroatoms. The molecule has 0 aromatic carbocycles. The minimum atomic E-state index is 0.116. The van der Waals surface area contributed by atoms with E-state index in [1.807, 2.05) is 6.92 Å². The average molecular weight is 320 g/mol. The Morgan fingerprint density at radius 3 is 2.50 bits per heavy atom. The third kappa shape index (κ3) is 3.07. The Balaban J connectivity index is 1.85. The van der Waals surface area contributed by atoms with Crippen molar-refractivity contribution in [2.75, 3.05) is 0 Å². The number of nitrogens with zero attached hydrogens (tertiary/aromatic N) is 4. The van der Waals surface area contributed by atoms with E-state index in [1.165, 1.54) is 37.8 Å². The lowest BCUT2D eigenvalue weighted by Gasteiger charge is -2.26. The second-order valence-corrected chi connectivity index (χ2v) is 7.47. The summed E-state index contributed by atoms with van der Waals surface area (Å²) in [6, 6.07) is 0.592. The van der Waals surface area contributed by atoms with Crippen molar-refractivity contribution in [3.05, 3.63) is 23.1 Å². The predicted octanol–water partition coefficient (Wildman–Crippen LogP) is 4.55. The first kappa shape index (κ1) is 15.6. The van der Waals surface area contributed by atoms with E-state index in [0.29, 0.717) is 17.8 Å². The van der Waals surface area contributed by atoms with Crippen molar-refractivity contribution >= 4 is 11.8 Å². The molecule has 5 nitrogen and oxygen atoms in total. The molecule has 2 aromatic heterocycles. The maximum absolute atomic E-state index is 5.30. The van der Waals surface area contributed by atoms with Crippen LogP contribution in [0.4, 0.5) is 0 Å². The van der Waals surface area contributed by atoms with Crippen molar-refractivity contribution < 1.29 is 4.52 Å². The molecule has 0 spiro atoms. The van der Waals surface area contributed by atoms with Crippen LogP contribution >= 0.6 is 11.8 Å².